The zero-order valence-corrected chi connectivity index (χ0v) is 14.6. The third-order valence-electron chi connectivity index (χ3n) is 3.54. The van der Waals surface area contributed by atoms with Crippen LogP contribution >= 0.6 is 11.8 Å². The number of methoxy groups -OCH3 is 1. The van der Waals surface area contributed by atoms with Gasteiger partial charge in [-0.25, -0.2) is 9.79 Å². The van der Waals surface area contributed by atoms with E-state index in [1.807, 2.05) is 0 Å². The molecule has 1 fully saturated rings. The van der Waals surface area contributed by atoms with E-state index in [9.17, 15) is 14.7 Å². The number of benzene rings is 2. The number of hydrogen-bond donors (Lipinski definition) is 1. The third kappa shape index (κ3) is 3.92. The number of amidine groups is 1. The summed E-state index contributed by atoms with van der Waals surface area (Å²) in [4.78, 5) is 27.8. The summed E-state index contributed by atoms with van der Waals surface area (Å²) >= 11 is 1.27. The summed E-state index contributed by atoms with van der Waals surface area (Å²) in [7, 11) is 1.58. The number of carbonyl (C=O) groups is 2. The Labute approximate surface area is 154 Å². The lowest BCUT2D eigenvalue weighted by molar-refractivity contribution is -0.124. The first kappa shape index (κ1) is 17.7. The van der Waals surface area contributed by atoms with Crippen molar-refractivity contribution in [2.75, 3.05) is 12.9 Å². The van der Waals surface area contributed by atoms with Gasteiger partial charge in [-0.15, -0.1) is 0 Å². The second kappa shape index (κ2) is 7.83. The topological polar surface area (TPSA) is 91.6 Å². The van der Waals surface area contributed by atoms with E-state index in [1.165, 1.54) is 29.1 Å². The van der Waals surface area contributed by atoms with Crippen molar-refractivity contribution in [2.45, 2.75) is 0 Å². The van der Waals surface area contributed by atoms with Crippen LogP contribution in [-0.4, -0.2) is 46.2 Å². The third-order valence-corrected chi connectivity index (χ3v) is 4.46. The molecular formula is C18H15N3O4S. The van der Waals surface area contributed by atoms with E-state index in [1.54, 1.807) is 49.6 Å². The Balaban J connectivity index is 1.86. The largest absolute Gasteiger partial charge is 0.497 e. The second-order valence-corrected chi connectivity index (χ2v) is 6.17. The number of rotatable bonds is 5. The van der Waals surface area contributed by atoms with Crippen LogP contribution in [0.25, 0.3) is 0 Å². The van der Waals surface area contributed by atoms with E-state index >= 15 is 0 Å². The highest BCUT2D eigenvalue weighted by molar-refractivity contribution is 8.15. The Bertz CT molecular complexity index is 894. The van der Waals surface area contributed by atoms with Crippen LogP contribution in [0.3, 0.4) is 0 Å². The van der Waals surface area contributed by atoms with Crippen LogP contribution in [0.5, 0.6) is 5.75 Å². The van der Waals surface area contributed by atoms with Gasteiger partial charge in [-0.2, -0.15) is 10.1 Å². The molecular weight excluding hydrogens is 354 g/mol. The van der Waals surface area contributed by atoms with Crippen molar-refractivity contribution in [3.05, 3.63) is 59.7 Å². The van der Waals surface area contributed by atoms with Gasteiger partial charge in [0, 0.05) is 5.56 Å². The summed E-state index contributed by atoms with van der Waals surface area (Å²) in [5, 5.41) is 15.0. The van der Waals surface area contributed by atoms with E-state index in [4.69, 9.17) is 4.74 Å². The second-order valence-electron chi connectivity index (χ2n) is 5.22. The van der Waals surface area contributed by atoms with Gasteiger partial charge < -0.3 is 9.84 Å². The summed E-state index contributed by atoms with van der Waals surface area (Å²) in [5.41, 5.74) is 1.19. The molecule has 0 atom stereocenters. The van der Waals surface area contributed by atoms with Crippen molar-refractivity contribution in [1.29, 1.82) is 0 Å². The molecule has 0 aliphatic carbocycles. The molecule has 26 heavy (non-hydrogen) atoms. The summed E-state index contributed by atoms with van der Waals surface area (Å²) < 4.78 is 5.11. The van der Waals surface area contributed by atoms with Crippen LogP contribution in [-0.2, 0) is 4.79 Å². The number of carbonyl (C=O) groups excluding carboxylic acids is 1. The Kier molecular flexibility index (Phi) is 5.33. The lowest BCUT2D eigenvalue weighted by Crippen LogP contribution is -2.24. The molecule has 2 aromatic rings. The molecule has 0 aromatic heterocycles. The standard InChI is InChI=1S/C18H15N3O4S/c1-25-14-8-6-13(7-9-14)20-18-21(16(22)11-26-18)19-10-12-4-2-3-5-15(12)17(23)24/h2-10H,11H2,1H3,(H,23,24)/b19-10+,20-18?. The maximum absolute atomic E-state index is 12.1. The smallest absolute Gasteiger partial charge is 0.336 e. The Morgan fingerprint density at radius 3 is 2.65 bits per heavy atom. The molecule has 8 heteroatoms. The molecule has 1 heterocycles. The van der Waals surface area contributed by atoms with Gasteiger partial charge >= 0.3 is 5.97 Å². The fourth-order valence-corrected chi connectivity index (χ4v) is 3.06. The van der Waals surface area contributed by atoms with Crippen molar-refractivity contribution in [1.82, 2.24) is 5.01 Å². The number of carboxylic acid groups (broad SMARTS) is 1. The molecule has 132 valence electrons. The summed E-state index contributed by atoms with van der Waals surface area (Å²) in [6.45, 7) is 0. The van der Waals surface area contributed by atoms with Crippen LogP contribution in [0.15, 0.2) is 58.6 Å². The van der Waals surface area contributed by atoms with Gasteiger partial charge in [0.25, 0.3) is 5.91 Å². The number of ether oxygens (including phenoxy) is 1. The minimum Gasteiger partial charge on any atom is -0.497 e. The SMILES string of the molecule is COc1ccc(N=C2SCC(=O)N2/N=C/c2ccccc2C(=O)O)cc1. The number of aromatic carboxylic acids is 1. The number of hydrazone groups is 1. The highest BCUT2D eigenvalue weighted by Gasteiger charge is 2.28. The summed E-state index contributed by atoms with van der Waals surface area (Å²) in [6, 6.07) is 13.6. The van der Waals surface area contributed by atoms with Crippen molar-refractivity contribution in [3.63, 3.8) is 0 Å². The Morgan fingerprint density at radius 1 is 1.23 bits per heavy atom. The number of hydrogen-bond acceptors (Lipinski definition) is 6. The Morgan fingerprint density at radius 2 is 1.96 bits per heavy atom. The van der Waals surface area contributed by atoms with Gasteiger partial charge in [0.15, 0.2) is 5.17 Å². The molecule has 1 saturated heterocycles. The van der Waals surface area contributed by atoms with Gasteiger partial charge in [0.1, 0.15) is 5.75 Å². The lowest BCUT2D eigenvalue weighted by atomic mass is 10.1. The zero-order valence-electron chi connectivity index (χ0n) is 13.8. The molecule has 1 amide bonds. The molecule has 1 aliphatic rings. The Hall–Kier alpha value is -3.13. The molecule has 0 spiro atoms. The fourth-order valence-electron chi connectivity index (χ4n) is 2.24. The number of thioether (sulfide) groups is 1. The fraction of sp³-hybridized carbons (Fsp3) is 0.111. The highest BCUT2D eigenvalue weighted by atomic mass is 32.2. The van der Waals surface area contributed by atoms with Crippen LogP contribution in [0.2, 0.25) is 0 Å². The minimum absolute atomic E-state index is 0.115. The first-order chi connectivity index (χ1) is 12.6. The van der Waals surface area contributed by atoms with E-state index in [0.717, 1.165) is 0 Å². The average Bonchev–Trinajstić information content (AvgIpc) is 3.00. The van der Waals surface area contributed by atoms with E-state index in [-0.39, 0.29) is 17.2 Å². The molecule has 0 saturated carbocycles. The molecule has 1 aliphatic heterocycles. The van der Waals surface area contributed by atoms with Crippen LogP contribution < -0.4 is 4.74 Å². The molecule has 7 nitrogen and oxygen atoms in total. The van der Waals surface area contributed by atoms with Gasteiger partial charge in [0.05, 0.1) is 30.3 Å². The maximum Gasteiger partial charge on any atom is 0.336 e. The van der Waals surface area contributed by atoms with Crippen molar-refractivity contribution in [3.8, 4) is 5.75 Å². The number of nitrogens with zero attached hydrogens (tertiary/aromatic N) is 3. The minimum atomic E-state index is -1.05. The quantitative estimate of drug-likeness (QED) is 0.818. The molecule has 0 radical (unpaired) electrons. The first-order valence-corrected chi connectivity index (χ1v) is 8.62. The van der Waals surface area contributed by atoms with Crippen molar-refractivity contribution >= 4 is 40.7 Å². The van der Waals surface area contributed by atoms with Gasteiger partial charge in [0.2, 0.25) is 0 Å². The van der Waals surface area contributed by atoms with Crippen molar-refractivity contribution in [2.24, 2.45) is 10.1 Å². The molecule has 0 unspecified atom stereocenters. The lowest BCUT2D eigenvalue weighted by Gasteiger charge is -2.09. The first-order valence-electron chi connectivity index (χ1n) is 7.63. The summed E-state index contributed by atoms with van der Waals surface area (Å²) in [6.07, 6.45) is 1.36. The zero-order chi connectivity index (χ0) is 18.5. The average molecular weight is 369 g/mol. The number of carboxylic acids is 1. The number of aliphatic imine (C=N–C) groups is 1. The predicted molar refractivity (Wildman–Crippen MR) is 100 cm³/mol. The van der Waals surface area contributed by atoms with E-state index in [2.05, 4.69) is 10.1 Å². The van der Waals surface area contributed by atoms with E-state index < -0.39 is 5.97 Å². The van der Waals surface area contributed by atoms with E-state index in [0.29, 0.717) is 22.2 Å². The molecule has 1 N–H and O–H groups in total. The predicted octanol–water partition coefficient (Wildman–Crippen LogP) is 2.99. The molecule has 2 aromatic carbocycles. The van der Waals surface area contributed by atoms with Gasteiger partial charge in [-0.05, 0) is 30.3 Å². The van der Waals surface area contributed by atoms with Crippen molar-refractivity contribution < 1.29 is 19.4 Å². The normalized spacial score (nSPS) is 15.8. The van der Waals surface area contributed by atoms with Gasteiger partial charge in [-0.1, -0.05) is 30.0 Å². The summed E-state index contributed by atoms with van der Waals surface area (Å²) in [5.74, 6) is -0.329. The molecule has 3 rings (SSSR count). The van der Waals surface area contributed by atoms with Crippen LogP contribution in [0, 0.1) is 0 Å². The monoisotopic (exact) mass is 369 g/mol. The van der Waals surface area contributed by atoms with Gasteiger partial charge in [-0.3, -0.25) is 4.79 Å². The highest BCUT2D eigenvalue weighted by Crippen LogP contribution is 2.25. The van der Waals surface area contributed by atoms with Crippen LogP contribution in [0.4, 0.5) is 5.69 Å². The van der Waals surface area contributed by atoms with Crippen LogP contribution in [0.1, 0.15) is 15.9 Å². The number of amides is 1. The molecule has 0 bridgehead atoms. The maximum atomic E-state index is 12.1.